The predicted molar refractivity (Wildman–Crippen MR) is 130 cm³/mol. The number of nitrogens with zero attached hydrogens (tertiary/aromatic N) is 1. The maximum atomic E-state index is 13.2. The van der Waals surface area contributed by atoms with E-state index >= 15 is 0 Å². The van der Waals surface area contributed by atoms with Crippen LogP contribution in [0.5, 0.6) is 23.0 Å². The summed E-state index contributed by atoms with van der Waals surface area (Å²) in [6.07, 6.45) is 1.70. The largest absolute Gasteiger partial charge is 0.493 e. The van der Waals surface area contributed by atoms with Gasteiger partial charge in [-0.2, -0.15) is 0 Å². The molecule has 2 aliphatic heterocycles. The molecule has 0 bridgehead atoms. The van der Waals surface area contributed by atoms with Gasteiger partial charge >= 0.3 is 0 Å². The molecule has 0 unspecified atom stereocenters. The Kier molecular flexibility index (Phi) is 5.94. The van der Waals surface area contributed by atoms with Gasteiger partial charge < -0.3 is 18.9 Å². The van der Waals surface area contributed by atoms with Crippen LogP contribution in [-0.4, -0.2) is 31.6 Å². The molecule has 0 N–H and O–H groups in total. The lowest BCUT2D eigenvalue weighted by Crippen LogP contribution is -2.31. The van der Waals surface area contributed by atoms with Crippen LogP contribution >= 0.6 is 11.6 Å². The first-order valence-corrected chi connectivity index (χ1v) is 11.3. The van der Waals surface area contributed by atoms with E-state index in [1.807, 2.05) is 49.4 Å². The van der Waals surface area contributed by atoms with Gasteiger partial charge in [-0.15, -0.1) is 0 Å². The van der Waals surface area contributed by atoms with Crippen LogP contribution in [0.4, 0.5) is 0 Å². The number of rotatable bonds is 5. The fourth-order valence-corrected chi connectivity index (χ4v) is 4.54. The monoisotopic (exact) mass is 477 g/mol. The van der Waals surface area contributed by atoms with Crippen molar-refractivity contribution in [1.82, 2.24) is 4.90 Å². The number of carbonyl (C=O) groups excluding carboxylic acids is 1. The minimum Gasteiger partial charge on any atom is -0.493 e. The standard InChI is InChI=1S/C27H24ClNO5/c1-16-10-22-19(14-29(15-33-22)13-17-8-9-21(31-2)23(11-17)32-3)27-25(16)26(30)24(34-27)12-18-6-4-5-7-20(18)28/h4-12H,13-15H2,1-3H3/b24-12-. The lowest BCUT2D eigenvalue weighted by Gasteiger charge is -2.30. The van der Waals surface area contributed by atoms with Crippen molar-refractivity contribution in [1.29, 1.82) is 0 Å². The van der Waals surface area contributed by atoms with Gasteiger partial charge in [-0.3, -0.25) is 9.69 Å². The average molecular weight is 478 g/mol. The second-order valence-corrected chi connectivity index (χ2v) is 8.69. The van der Waals surface area contributed by atoms with Gasteiger partial charge in [0.15, 0.2) is 17.3 Å². The van der Waals surface area contributed by atoms with E-state index in [0.29, 0.717) is 47.7 Å². The van der Waals surface area contributed by atoms with Crippen molar-refractivity contribution >= 4 is 23.5 Å². The number of ether oxygens (including phenoxy) is 4. The average Bonchev–Trinajstić information content (AvgIpc) is 3.17. The van der Waals surface area contributed by atoms with Crippen LogP contribution in [0.1, 0.15) is 32.6 Å². The van der Waals surface area contributed by atoms with Gasteiger partial charge in [0, 0.05) is 18.1 Å². The zero-order chi connectivity index (χ0) is 23.8. The number of methoxy groups -OCH3 is 2. The third-order valence-electron chi connectivity index (χ3n) is 6.03. The molecule has 0 aliphatic carbocycles. The SMILES string of the molecule is COc1ccc(CN2COc3cc(C)c4c(c3C2)O/C(=C\c2ccccc2Cl)C4=O)cc1OC. The summed E-state index contributed by atoms with van der Waals surface area (Å²) in [5.41, 5.74) is 4.06. The first-order chi connectivity index (χ1) is 16.5. The van der Waals surface area contributed by atoms with Crippen molar-refractivity contribution in [2.75, 3.05) is 21.0 Å². The van der Waals surface area contributed by atoms with E-state index in [0.717, 1.165) is 28.0 Å². The maximum Gasteiger partial charge on any atom is 0.232 e. The molecule has 7 heteroatoms. The smallest absolute Gasteiger partial charge is 0.232 e. The molecule has 0 spiro atoms. The quantitative estimate of drug-likeness (QED) is 0.444. The summed E-state index contributed by atoms with van der Waals surface area (Å²) < 4.78 is 23.0. The van der Waals surface area contributed by atoms with Crippen molar-refractivity contribution in [2.24, 2.45) is 0 Å². The Balaban J connectivity index is 1.44. The van der Waals surface area contributed by atoms with Crippen LogP contribution in [-0.2, 0) is 13.1 Å². The van der Waals surface area contributed by atoms with Crippen molar-refractivity contribution in [3.05, 3.63) is 87.1 Å². The molecule has 0 amide bonds. The van der Waals surface area contributed by atoms with Gasteiger partial charge in [0.1, 0.15) is 18.2 Å². The van der Waals surface area contributed by atoms with Gasteiger partial charge in [0.2, 0.25) is 5.78 Å². The predicted octanol–water partition coefficient (Wildman–Crippen LogP) is 5.63. The molecule has 3 aromatic carbocycles. The summed E-state index contributed by atoms with van der Waals surface area (Å²) >= 11 is 6.29. The molecule has 5 rings (SSSR count). The maximum absolute atomic E-state index is 13.2. The Morgan fingerprint density at radius 1 is 1.09 bits per heavy atom. The molecule has 0 atom stereocenters. The first kappa shape index (κ1) is 22.3. The van der Waals surface area contributed by atoms with E-state index in [9.17, 15) is 4.79 Å². The minimum absolute atomic E-state index is 0.146. The van der Waals surface area contributed by atoms with E-state index in [2.05, 4.69) is 4.90 Å². The molecule has 34 heavy (non-hydrogen) atoms. The number of hydrogen-bond donors (Lipinski definition) is 0. The molecule has 0 aromatic heterocycles. The number of allylic oxidation sites excluding steroid dienone is 1. The van der Waals surface area contributed by atoms with Crippen LogP contribution in [0.15, 0.2) is 54.3 Å². The van der Waals surface area contributed by atoms with E-state index in [1.54, 1.807) is 26.4 Å². The zero-order valence-electron chi connectivity index (χ0n) is 19.2. The molecular formula is C27H24ClNO5. The molecule has 3 aromatic rings. The van der Waals surface area contributed by atoms with Crippen molar-refractivity contribution in [3.8, 4) is 23.0 Å². The minimum atomic E-state index is -0.146. The molecular weight excluding hydrogens is 454 g/mol. The van der Waals surface area contributed by atoms with Gasteiger partial charge in [-0.05, 0) is 54.0 Å². The third kappa shape index (κ3) is 4.00. The zero-order valence-corrected chi connectivity index (χ0v) is 19.9. The summed E-state index contributed by atoms with van der Waals surface area (Å²) in [7, 11) is 3.24. The normalized spacial score (nSPS) is 16.0. The van der Waals surface area contributed by atoms with Gasteiger partial charge in [0.05, 0.1) is 25.3 Å². The molecule has 0 radical (unpaired) electrons. The summed E-state index contributed by atoms with van der Waals surface area (Å²) in [6, 6.07) is 15.1. The molecule has 6 nitrogen and oxygen atoms in total. The molecule has 174 valence electrons. The van der Waals surface area contributed by atoms with E-state index in [-0.39, 0.29) is 11.5 Å². The second kappa shape index (κ2) is 9.05. The summed E-state index contributed by atoms with van der Waals surface area (Å²) in [5.74, 6) is 2.79. The topological polar surface area (TPSA) is 57.2 Å². The number of ketones is 1. The van der Waals surface area contributed by atoms with E-state index in [1.165, 1.54) is 0 Å². The van der Waals surface area contributed by atoms with Gasteiger partial charge in [-0.25, -0.2) is 0 Å². The van der Waals surface area contributed by atoms with Crippen LogP contribution in [0.3, 0.4) is 0 Å². The Bertz CT molecular complexity index is 1320. The summed E-state index contributed by atoms with van der Waals surface area (Å²) in [6.45, 7) is 3.55. The van der Waals surface area contributed by atoms with Crippen LogP contribution in [0, 0.1) is 6.92 Å². The van der Waals surface area contributed by atoms with Gasteiger partial charge in [-0.1, -0.05) is 35.9 Å². The molecule has 0 saturated heterocycles. The number of aryl methyl sites for hydroxylation is 1. The highest BCUT2D eigenvalue weighted by molar-refractivity contribution is 6.32. The number of fused-ring (bicyclic) bond motifs is 3. The third-order valence-corrected chi connectivity index (χ3v) is 6.38. The summed E-state index contributed by atoms with van der Waals surface area (Å²) in [4.78, 5) is 15.3. The Hall–Kier alpha value is -3.48. The highest BCUT2D eigenvalue weighted by Crippen LogP contribution is 2.44. The van der Waals surface area contributed by atoms with Crippen molar-refractivity contribution < 1.29 is 23.7 Å². The Morgan fingerprint density at radius 2 is 1.88 bits per heavy atom. The van der Waals surface area contributed by atoms with Gasteiger partial charge in [0.25, 0.3) is 0 Å². The Morgan fingerprint density at radius 3 is 2.65 bits per heavy atom. The first-order valence-electron chi connectivity index (χ1n) is 10.9. The molecule has 2 aliphatic rings. The Labute approximate surface area is 203 Å². The number of hydrogen-bond acceptors (Lipinski definition) is 6. The fourth-order valence-electron chi connectivity index (χ4n) is 4.35. The summed E-state index contributed by atoms with van der Waals surface area (Å²) in [5, 5.41) is 0.561. The number of halogens is 1. The highest BCUT2D eigenvalue weighted by atomic mass is 35.5. The fraction of sp³-hybridized carbons (Fsp3) is 0.222. The second-order valence-electron chi connectivity index (χ2n) is 8.29. The van der Waals surface area contributed by atoms with E-state index in [4.69, 9.17) is 30.5 Å². The lowest BCUT2D eigenvalue weighted by molar-refractivity contribution is 0.0871. The van der Waals surface area contributed by atoms with Crippen LogP contribution < -0.4 is 18.9 Å². The van der Waals surface area contributed by atoms with Crippen molar-refractivity contribution in [3.63, 3.8) is 0 Å². The number of carbonyl (C=O) groups is 1. The molecule has 0 saturated carbocycles. The number of Topliss-reactive ketones (excluding diaryl/α,β-unsaturated/α-hetero) is 1. The van der Waals surface area contributed by atoms with Crippen molar-refractivity contribution in [2.45, 2.75) is 20.0 Å². The van der Waals surface area contributed by atoms with E-state index < -0.39 is 0 Å². The van der Waals surface area contributed by atoms with Crippen LogP contribution in [0.2, 0.25) is 5.02 Å². The molecule has 0 fully saturated rings. The number of benzene rings is 3. The highest BCUT2D eigenvalue weighted by Gasteiger charge is 2.35. The van der Waals surface area contributed by atoms with Crippen LogP contribution in [0.25, 0.3) is 6.08 Å². The molecule has 2 heterocycles. The lowest BCUT2D eigenvalue weighted by atomic mass is 9.98.